The molecule has 178 valence electrons. The van der Waals surface area contributed by atoms with Gasteiger partial charge in [-0.15, -0.1) is 0 Å². The second kappa shape index (κ2) is 9.24. The van der Waals surface area contributed by atoms with Crippen LogP contribution in [0.2, 0.25) is 0 Å². The first-order valence-electron chi connectivity index (χ1n) is 10.6. The Kier molecular flexibility index (Phi) is 6.55. The third-order valence-corrected chi connectivity index (χ3v) is 7.14. The van der Waals surface area contributed by atoms with Gasteiger partial charge in [0, 0.05) is 56.2 Å². The number of ether oxygens (including phenoxy) is 1. The Bertz CT molecular complexity index is 1320. The number of furan rings is 1. The highest BCUT2D eigenvalue weighted by Crippen LogP contribution is 2.35. The van der Waals surface area contributed by atoms with E-state index in [1.807, 2.05) is 6.92 Å². The van der Waals surface area contributed by atoms with Crippen molar-refractivity contribution in [2.24, 2.45) is 7.05 Å². The van der Waals surface area contributed by atoms with Crippen molar-refractivity contribution in [3.8, 4) is 16.9 Å². The molecule has 0 radical (unpaired) electrons. The van der Waals surface area contributed by atoms with E-state index in [4.69, 9.17) is 9.15 Å². The molecule has 0 N–H and O–H groups in total. The summed E-state index contributed by atoms with van der Waals surface area (Å²) in [4.78, 5) is 19.0. The fourth-order valence-corrected chi connectivity index (χ4v) is 5.04. The van der Waals surface area contributed by atoms with E-state index in [2.05, 4.69) is 9.88 Å². The molecule has 4 heterocycles. The average Bonchev–Trinajstić information content (AvgIpc) is 3.20. The van der Waals surface area contributed by atoms with E-state index in [-0.39, 0.29) is 18.2 Å². The zero-order valence-corrected chi connectivity index (χ0v) is 19.6. The fraction of sp³-hybridized carbons (Fsp3) is 0.455. The molecule has 1 fully saturated rings. The molecule has 0 amide bonds. The van der Waals surface area contributed by atoms with Crippen LogP contribution in [-0.2, 0) is 23.6 Å². The van der Waals surface area contributed by atoms with E-state index in [0.29, 0.717) is 59.8 Å². The Morgan fingerprint density at radius 3 is 2.79 bits per heavy atom. The summed E-state index contributed by atoms with van der Waals surface area (Å²) >= 11 is 0. The monoisotopic (exact) mass is 478 g/mol. The largest absolute Gasteiger partial charge is 0.489 e. The molecule has 1 saturated heterocycles. The van der Waals surface area contributed by atoms with Crippen LogP contribution in [-0.4, -0.2) is 72.4 Å². The number of sulfonamides is 1. The maximum absolute atomic E-state index is 12.8. The van der Waals surface area contributed by atoms with Crippen molar-refractivity contribution in [1.82, 2.24) is 18.8 Å². The highest BCUT2D eigenvalue weighted by atomic mass is 32.2. The molecule has 1 atom stereocenters. The normalized spacial score (nSPS) is 18.1. The molecule has 0 saturated carbocycles. The molecule has 0 bridgehead atoms. The summed E-state index contributed by atoms with van der Waals surface area (Å²) in [5.41, 5.74) is 1.52. The van der Waals surface area contributed by atoms with Crippen molar-refractivity contribution in [1.29, 1.82) is 0 Å². The number of aryl methyl sites for hydroxylation is 1. The Balaban J connectivity index is 1.69. The molecule has 1 aliphatic rings. The summed E-state index contributed by atoms with van der Waals surface area (Å²) in [5.74, 6) is 1.01. The lowest BCUT2D eigenvalue weighted by molar-refractivity contribution is 0.115. The summed E-state index contributed by atoms with van der Waals surface area (Å²) in [7, 11) is -1.57. The van der Waals surface area contributed by atoms with Gasteiger partial charge in [0.2, 0.25) is 10.0 Å². The molecule has 33 heavy (non-hydrogen) atoms. The number of aromatic nitrogens is 2. The summed E-state index contributed by atoms with van der Waals surface area (Å²) in [6.45, 7) is 3.04. The lowest BCUT2D eigenvalue weighted by Crippen LogP contribution is -2.52. The molecule has 3 aromatic heterocycles. The summed E-state index contributed by atoms with van der Waals surface area (Å²) < 4.78 is 51.0. The minimum atomic E-state index is -3.23. The number of alkyl halides is 1. The maximum atomic E-state index is 12.8. The molecule has 0 spiro atoms. The molecule has 3 aromatic rings. The first-order chi connectivity index (χ1) is 15.7. The highest BCUT2D eigenvalue weighted by Gasteiger charge is 2.29. The van der Waals surface area contributed by atoms with Gasteiger partial charge in [0.25, 0.3) is 5.56 Å². The number of hydrogen-bond acceptors (Lipinski definition) is 7. The molecule has 0 aromatic carbocycles. The smallest absolute Gasteiger partial charge is 0.261 e. The quantitative estimate of drug-likeness (QED) is 0.512. The van der Waals surface area contributed by atoms with Gasteiger partial charge in [-0.25, -0.2) is 12.8 Å². The van der Waals surface area contributed by atoms with Gasteiger partial charge >= 0.3 is 0 Å². The van der Waals surface area contributed by atoms with Gasteiger partial charge in [-0.1, -0.05) is 0 Å². The predicted molar refractivity (Wildman–Crippen MR) is 122 cm³/mol. The van der Waals surface area contributed by atoms with Crippen LogP contribution in [0.5, 0.6) is 5.75 Å². The van der Waals surface area contributed by atoms with Crippen LogP contribution in [0.3, 0.4) is 0 Å². The van der Waals surface area contributed by atoms with Crippen LogP contribution in [0.4, 0.5) is 4.39 Å². The number of fused-ring (bicyclic) bond motifs is 1. The van der Waals surface area contributed by atoms with Crippen molar-refractivity contribution in [3.05, 3.63) is 46.8 Å². The molecular formula is C22H27FN4O5S. The van der Waals surface area contributed by atoms with Crippen LogP contribution < -0.4 is 10.3 Å². The third-order valence-electron chi connectivity index (χ3n) is 5.87. The molecule has 9 nitrogen and oxygen atoms in total. The van der Waals surface area contributed by atoms with Gasteiger partial charge in [0.1, 0.15) is 30.4 Å². The number of piperazine rings is 1. The van der Waals surface area contributed by atoms with Crippen molar-refractivity contribution in [2.45, 2.75) is 19.5 Å². The van der Waals surface area contributed by atoms with Gasteiger partial charge in [-0.3, -0.25) is 14.7 Å². The Labute approximate surface area is 191 Å². The van der Waals surface area contributed by atoms with Crippen LogP contribution in [0.15, 0.2) is 39.9 Å². The minimum absolute atomic E-state index is 0.00936. The van der Waals surface area contributed by atoms with Crippen LogP contribution >= 0.6 is 0 Å². The first kappa shape index (κ1) is 23.4. The predicted octanol–water partition coefficient (Wildman–Crippen LogP) is 2.01. The topological polar surface area (TPSA) is 97.9 Å². The van der Waals surface area contributed by atoms with Crippen molar-refractivity contribution in [2.75, 3.05) is 39.2 Å². The first-order valence-corrected chi connectivity index (χ1v) is 12.5. The molecule has 11 heteroatoms. The SMILES string of the molecule is CC1CN(S(C)(=O)=O)CCN1Cc1cc2c(=O)n(C)cc(-c3ccncc3OCCF)c2o1. The van der Waals surface area contributed by atoms with Crippen LogP contribution in [0.1, 0.15) is 12.7 Å². The van der Waals surface area contributed by atoms with Crippen LogP contribution in [0.25, 0.3) is 22.1 Å². The minimum Gasteiger partial charge on any atom is -0.489 e. The zero-order chi connectivity index (χ0) is 23.8. The van der Waals surface area contributed by atoms with E-state index < -0.39 is 16.7 Å². The van der Waals surface area contributed by atoms with E-state index >= 15 is 0 Å². The number of hydrogen-bond donors (Lipinski definition) is 0. The molecule has 4 rings (SSSR count). The van der Waals surface area contributed by atoms with Crippen molar-refractivity contribution in [3.63, 3.8) is 0 Å². The Morgan fingerprint density at radius 2 is 2.09 bits per heavy atom. The molecule has 1 aliphatic heterocycles. The van der Waals surface area contributed by atoms with Crippen LogP contribution in [0, 0.1) is 0 Å². The Hall–Kier alpha value is -2.76. The molecular weight excluding hydrogens is 451 g/mol. The van der Waals surface area contributed by atoms with E-state index in [1.54, 1.807) is 31.6 Å². The van der Waals surface area contributed by atoms with Gasteiger partial charge in [-0.2, -0.15) is 4.31 Å². The number of rotatable bonds is 7. The van der Waals surface area contributed by atoms with Gasteiger partial charge in [0.05, 0.1) is 24.4 Å². The standard InChI is InChI=1S/C22H27FN4O5S/c1-15-12-27(33(3,29)30)8-7-26(15)13-16-10-18-21(32-16)19(14-25(2)22(18)28)17-4-6-24-11-20(17)31-9-5-23/h4,6,10-11,14-15H,5,7-9,12-13H2,1-3H3. The van der Waals surface area contributed by atoms with Crippen molar-refractivity contribution < 1.29 is 22.0 Å². The lowest BCUT2D eigenvalue weighted by atomic mass is 10.1. The number of halogens is 1. The lowest BCUT2D eigenvalue weighted by Gasteiger charge is -2.38. The fourth-order valence-electron chi connectivity index (χ4n) is 4.14. The number of pyridine rings is 2. The highest BCUT2D eigenvalue weighted by molar-refractivity contribution is 7.88. The molecule has 1 unspecified atom stereocenters. The van der Waals surface area contributed by atoms with Gasteiger partial charge < -0.3 is 13.7 Å². The maximum Gasteiger partial charge on any atom is 0.261 e. The Morgan fingerprint density at radius 1 is 1.30 bits per heavy atom. The summed E-state index contributed by atoms with van der Waals surface area (Å²) in [6.07, 6.45) is 6.00. The van der Waals surface area contributed by atoms with E-state index in [9.17, 15) is 17.6 Å². The second-order valence-corrected chi connectivity index (χ2v) is 10.2. The summed E-state index contributed by atoms with van der Waals surface area (Å²) in [6, 6.07) is 3.46. The van der Waals surface area contributed by atoms with Gasteiger partial charge in [0.15, 0.2) is 0 Å². The zero-order valence-electron chi connectivity index (χ0n) is 18.8. The van der Waals surface area contributed by atoms with E-state index in [1.165, 1.54) is 21.3 Å². The number of nitrogens with zero attached hydrogens (tertiary/aromatic N) is 4. The van der Waals surface area contributed by atoms with Gasteiger partial charge in [-0.05, 0) is 19.1 Å². The second-order valence-electron chi connectivity index (χ2n) is 8.26. The summed E-state index contributed by atoms with van der Waals surface area (Å²) in [5, 5.41) is 0.431. The third kappa shape index (κ3) is 4.80. The average molecular weight is 479 g/mol. The van der Waals surface area contributed by atoms with E-state index in [0.717, 1.165) is 0 Å². The molecule has 0 aliphatic carbocycles. The van der Waals surface area contributed by atoms with Crippen molar-refractivity contribution >= 4 is 21.0 Å².